The maximum atomic E-state index is 13.5. The normalized spacial score (nSPS) is 14.6. The van der Waals surface area contributed by atoms with Crippen LogP contribution in [-0.2, 0) is 9.47 Å². The summed E-state index contributed by atoms with van der Waals surface area (Å²) in [6.07, 6.45) is 9.28. The Labute approximate surface area is 442 Å². The van der Waals surface area contributed by atoms with Crippen LogP contribution in [0.2, 0.25) is 0 Å². The van der Waals surface area contributed by atoms with E-state index in [0.29, 0.717) is 79.1 Å². The van der Waals surface area contributed by atoms with Crippen LogP contribution in [0.5, 0.6) is 0 Å². The molecule has 4 aliphatic heterocycles. The predicted molar refractivity (Wildman–Crippen MR) is 300 cm³/mol. The third kappa shape index (κ3) is 7.45. The van der Waals surface area contributed by atoms with E-state index in [-0.39, 0.29) is 31.1 Å². The Morgan fingerprint density at radius 1 is 0.312 bits per heavy atom. The Morgan fingerprint density at radius 2 is 0.532 bits per heavy atom. The summed E-state index contributed by atoms with van der Waals surface area (Å²) < 4.78 is 9.74. The predicted octanol–water partition coefficient (Wildman–Crippen LogP) is 13.4. The van der Waals surface area contributed by atoms with E-state index >= 15 is 0 Å². The SMILES string of the molecule is C.CCCCCN.CCCCCN1C(=O)c2ccc3c4ccc5c6c(ccc(c7ccc(c2c37)C1=O)c64)C(=O)N(CCCCC)C5=O.O=C1OC(=O)c2ccc3c4ccc5c6c(ccc(c7ccc1c2c73)c64)C(=O)OC5=O. The summed E-state index contributed by atoms with van der Waals surface area (Å²) in [5, 5.41) is 12.9. The molecule has 13 nitrogen and oxygen atoms in total. The van der Waals surface area contributed by atoms with E-state index in [9.17, 15) is 38.4 Å². The van der Waals surface area contributed by atoms with Gasteiger partial charge in [0.25, 0.3) is 23.6 Å². The standard InChI is InChI=1S/C34H30N2O4.C24H8O6.C5H13N.CH4/c1-3-5-7-17-35-31(37)23-13-9-19-21-11-15-25-30-26(34(40)36(33(25)39)18-8-6-4-2)16-12-22(28(21)30)20-10-14-24(32(35)38)29(23)27(19)20;25-21-13-5-1-9-10-2-6-15-20-16(24(28)30-23(15)27)8-4-12(18(10)20)11-3-7-14(22(26)29-21)19(13)17(9)11;1-2-3-4-5-6;/h9-16H,3-8,17-18H2,1-2H3;1-8H;2-6H2,1H3;1H4. The fourth-order valence-corrected chi connectivity index (χ4v) is 12.2. The van der Waals surface area contributed by atoms with Crippen molar-refractivity contribution in [2.45, 2.75) is 86.0 Å². The number of ether oxygens (including phenoxy) is 2. The highest BCUT2D eigenvalue weighted by molar-refractivity contribution is 6.42. The number of hydrogen-bond donors (Lipinski definition) is 1. The minimum absolute atomic E-state index is 0. The van der Waals surface area contributed by atoms with Crippen LogP contribution < -0.4 is 5.73 Å². The monoisotopic (exact) mass is 1030 g/mol. The highest BCUT2D eigenvalue weighted by Crippen LogP contribution is 2.48. The molecule has 0 radical (unpaired) electrons. The van der Waals surface area contributed by atoms with Crippen LogP contribution in [-0.4, -0.2) is 76.9 Å². The maximum Gasteiger partial charge on any atom is 0.346 e. The molecule has 0 saturated heterocycles. The molecule has 13 heteroatoms. The summed E-state index contributed by atoms with van der Waals surface area (Å²) in [4.78, 5) is 106. The molecule has 10 aromatic carbocycles. The maximum absolute atomic E-state index is 13.5. The van der Waals surface area contributed by atoms with E-state index in [0.717, 1.165) is 110 Å². The van der Waals surface area contributed by atoms with Crippen molar-refractivity contribution in [3.63, 3.8) is 0 Å². The van der Waals surface area contributed by atoms with Gasteiger partial charge in [-0.25, -0.2) is 19.2 Å². The quantitative estimate of drug-likeness (QED) is 0.0324. The lowest BCUT2D eigenvalue weighted by Gasteiger charge is -2.30. The number of hydrogen-bond acceptors (Lipinski definition) is 11. The van der Waals surface area contributed by atoms with E-state index in [2.05, 4.69) is 20.8 Å². The number of fused-ring (bicyclic) bond motifs is 4. The van der Waals surface area contributed by atoms with Crippen LogP contribution in [0.1, 0.15) is 169 Å². The Kier molecular flexibility index (Phi) is 12.8. The van der Waals surface area contributed by atoms with Crippen molar-refractivity contribution in [1.82, 2.24) is 9.80 Å². The van der Waals surface area contributed by atoms with Crippen molar-refractivity contribution < 1.29 is 47.8 Å². The van der Waals surface area contributed by atoms with Gasteiger partial charge in [0.2, 0.25) is 0 Å². The Morgan fingerprint density at radius 3 is 0.753 bits per heavy atom. The highest BCUT2D eigenvalue weighted by atomic mass is 16.6. The number of cyclic esters (lactones) is 4. The smallest absolute Gasteiger partial charge is 0.346 e. The number of amides is 4. The number of rotatable bonds is 11. The van der Waals surface area contributed by atoms with Crippen molar-refractivity contribution in [3.8, 4) is 0 Å². The van der Waals surface area contributed by atoms with Crippen LogP contribution in [0.25, 0.3) is 86.2 Å². The number of imide groups is 2. The Bertz CT molecular complexity index is 3740. The fourth-order valence-electron chi connectivity index (χ4n) is 12.2. The largest absolute Gasteiger partial charge is 0.386 e. The van der Waals surface area contributed by atoms with E-state index in [4.69, 9.17) is 15.2 Å². The molecule has 0 fully saturated rings. The van der Waals surface area contributed by atoms with Gasteiger partial charge in [0.1, 0.15) is 0 Å². The highest BCUT2D eigenvalue weighted by Gasteiger charge is 2.38. The molecule has 0 saturated carbocycles. The summed E-state index contributed by atoms with van der Waals surface area (Å²) in [6.45, 7) is 8.06. The minimum Gasteiger partial charge on any atom is -0.386 e. The third-order valence-electron chi connectivity index (χ3n) is 15.7. The van der Waals surface area contributed by atoms with Gasteiger partial charge >= 0.3 is 23.9 Å². The van der Waals surface area contributed by atoms with Gasteiger partial charge in [0.15, 0.2) is 0 Å². The van der Waals surface area contributed by atoms with Crippen LogP contribution in [0, 0.1) is 0 Å². The Hall–Kier alpha value is -8.68. The van der Waals surface area contributed by atoms with Crippen molar-refractivity contribution in [2.24, 2.45) is 5.73 Å². The molecular weight excluding hydrogens is 971 g/mol. The van der Waals surface area contributed by atoms with Crippen LogP contribution in [0.3, 0.4) is 0 Å². The topological polar surface area (TPSA) is 188 Å². The average molecular weight is 1030 g/mol. The number of benzene rings is 10. The van der Waals surface area contributed by atoms with Gasteiger partial charge in [0.05, 0.1) is 22.3 Å². The lowest BCUT2D eigenvalue weighted by atomic mass is 9.82. The van der Waals surface area contributed by atoms with Gasteiger partial charge in [-0.2, -0.15) is 0 Å². The number of esters is 4. The first-order valence-corrected chi connectivity index (χ1v) is 26.3. The molecule has 0 bridgehead atoms. The molecule has 2 N–H and O–H groups in total. The number of unbranched alkanes of at least 4 members (excludes halogenated alkanes) is 6. The molecule has 0 aliphatic carbocycles. The molecule has 386 valence electrons. The second kappa shape index (κ2) is 19.5. The summed E-state index contributed by atoms with van der Waals surface area (Å²) >= 11 is 0. The molecule has 14 rings (SSSR count). The number of nitrogens with two attached hydrogens (primary N) is 1. The summed E-state index contributed by atoms with van der Waals surface area (Å²) in [5.74, 6) is -3.64. The van der Waals surface area contributed by atoms with Crippen molar-refractivity contribution in [2.75, 3.05) is 19.6 Å². The van der Waals surface area contributed by atoms with Crippen LogP contribution >= 0.6 is 0 Å². The zero-order chi connectivity index (χ0) is 52.8. The van der Waals surface area contributed by atoms with E-state index in [1.807, 2.05) is 72.8 Å². The Balaban J connectivity index is 0.000000151. The molecular formula is C64H55N3O10. The van der Waals surface area contributed by atoms with Gasteiger partial charge in [-0.15, -0.1) is 0 Å². The van der Waals surface area contributed by atoms with Crippen molar-refractivity contribution in [3.05, 3.63) is 142 Å². The van der Waals surface area contributed by atoms with Gasteiger partial charge in [-0.05, 0) is 139 Å². The first kappa shape index (κ1) is 50.5. The molecule has 4 heterocycles. The molecule has 4 amide bonds. The van der Waals surface area contributed by atoms with E-state index in [1.165, 1.54) is 29.1 Å². The van der Waals surface area contributed by atoms with Gasteiger partial charge in [0, 0.05) is 56.9 Å². The van der Waals surface area contributed by atoms with Crippen molar-refractivity contribution in [1.29, 1.82) is 0 Å². The fraction of sp³-hybridized carbons (Fsp3) is 0.250. The molecule has 77 heavy (non-hydrogen) atoms. The summed E-state index contributed by atoms with van der Waals surface area (Å²) in [7, 11) is 0. The van der Waals surface area contributed by atoms with Gasteiger partial charge < -0.3 is 15.2 Å². The van der Waals surface area contributed by atoms with Gasteiger partial charge in [-0.1, -0.05) is 115 Å². The second-order valence-electron chi connectivity index (χ2n) is 20.1. The van der Waals surface area contributed by atoms with E-state index in [1.54, 1.807) is 24.3 Å². The molecule has 0 spiro atoms. The average Bonchev–Trinajstić information content (AvgIpc) is 3.63. The van der Waals surface area contributed by atoms with E-state index < -0.39 is 23.9 Å². The lowest BCUT2D eigenvalue weighted by Crippen LogP contribution is -2.41. The molecule has 0 atom stereocenters. The summed E-state index contributed by atoms with van der Waals surface area (Å²) in [5.41, 5.74) is 8.80. The third-order valence-corrected chi connectivity index (χ3v) is 15.7. The van der Waals surface area contributed by atoms with Crippen molar-refractivity contribution >= 4 is 134 Å². The number of carbonyl (C=O) groups excluding carboxylic acids is 8. The first-order valence-electron chi connectivity index (χ1n) is 26.3. The molecule has 0 unspecified atom stereocenters. The van der Waals surface area contributed by atoms with Crippen LogP contribution in [0.15, 0.2) is 97.1 Å². The number of nitrogens with zero attached hydrogens (tertiary/aromatic N) is 2. The zero-order valence-electron chi connectivity index (χ0n) is 42.3. The van der Waals surface area contributed by atoms with Gasteiger partial charge in [-0.3, -0.25) is 29.0 Å². The lowest BCUT2D eigenvalue weighted by molar-refractivity contribution is 0.0373. The molecule has 4 aliphatic rings. The van der Waals surface area contributed by atoms with Crippen LogP contribution in [0.4, 0.5) is 0 Å². The second-order valence-corrected chi connectivity index (χ2v) is 20.1. The molecule has 10 aromatic rings. The molecule has 0 aromatic heterocycles. The summed E-state index contributed by atoms with van der Waals surface area (Å²) in [6, 6.07) is 29.0. The number of carbonyl (C=O) groups is 8. The first-order chi connectivity index (χ1) is 36.9. The minimum atomic E-state index is -0.666. The zero-order valence-corrected chi connectivity index (χ0v) is 42.3.